The SMILES string of the molecule is CN(C)C(=O)Cc1ccc([N+](=O)[O-])cc1F. The van der Waals surface area contributed by atoms with E-state index in [2.05, 4.69) is 0 Å². The zero-order chi connectivity index (χ0) is 12.3. The number of nitro benzene ring substituents is 1. The number of nitrogens with zero attached hydrogens (tertiary/aromatic N) is 2. The Morgan fingerprint density at radius 1 is 1.50 bits per heavy atom. The van der Waals surface area contributed by atoms with E-state index in [1.165, 1.54) is 17.0 Å². The van der Waals surface area contributed by atoms with E-state index in [0.29, 0.717) is 0 Å². The normalized spacial score (nSPS) is 9.94. The molecule has 0 bridgehead atoms. The van der Waals surface area contributed by atoms with Crippen molar-refractivity contribution in [3.05, 3.63) is 39.7 Å². The van der Waals surface area contributed by atoms with Crippen molar-refractivity contribution in [1.29, 1.82) is 0 Å². The zero-order valence-corrected chi connectivity index (χ0v) is 8.94. The Hall–Kier alpha value is -1.98. The molecular weight excluding hydrogens is 215 g/mol. The molecule has 0 unspecified atom stereocenters. The molecule has 0 radical (unpaired) electrons. The van der Waals surface area contributed by atoms with E-state index in [-0.39, 0.29) is 23.6 Å². The van der Waals surface area contributed by atoms with Gasteiger partial charge in [-0.2, -0.15) is 0 Å². The molecule has 0 N–H and O–H groups in total. The number of hydrogen-bond donors (Lipinski definition) is 0. The van der Waals surface area contributed by atoms with Gasteiger partial charge in [-0.3, -0.25) is 14.9 Å². The Morgan fingerprint density at radius 2 is 2.12 bits per heavy atom. The molecule has 0 heterocycles. The van der Waals surface area contributed by atoms with Gasteiger partial charge < -0.3 is 4.90 Å². The second-order valence-electron chi connectivity index (χ2n) is 3.50. The first-order chi connectivity index (χ1) is 7.41. The summed E-state index contributed by atoms with van der Waals surface area (Å²) < 4.78 is 13.4. The summed E-state index contributed by atoms with van der Waals surface area (Å²) >= 11 is 0. The molecule has 86 valence electrons. The third kappa shape index (κ3) is 2.75. The van der Waals surface area contributed by atoms with Gasteiger partial charge in [0, 0.05) is 20.2 Å². The van der Waals surface area contributed by atoms with E-state index in [0.717, 1.165) is 6.07 Å². The highest BCUT2D eigenvalue weighted by molar-refractivity contribution is 5.78. The fraction of sp³-hybridized carbons (Fsp3) is 0.300. The average Bonchev–Trinajstić information content (AvgIpc) is 2.20. The van der Waals surface area contributed by atoms with Crippen LogP contribution in [-0.2, 0) is 11.2 Å². The van der Waals surface area contributed by atoms with Crippen molar-refractivity contribution in [2.24, 2.45) is 0 Å². The predicted molar refractivity (Wildman–Crippen MR) is 55.5 cm³/mol. The van der Waals surface area contributed by atoms with Crippen molar-refractivity contribution in [2.45, 2.75) is 6.42 Å². The molecule has 0 aromatic heterocycles. The Balaban J connectivity index is 2.91. The van der Waals surface area contributed by atoms with Crippen molar-refractivity contribution in [3.8, 4) is 0 Å². The molecule has 1 amide bonds. The maximum Gasteiger partial charge on any atom is 0.272 e. The third-order valence-electron chi connectivity index (χ3n) is 2.09. The Bertz CT molecular complexity index is 432. The summed E-state index contributed by atoms with van der Waals surface area (Å²) in [5.74, 6) is -0.989. The smallest absolute Gasteiger partial charge is 0.272 e. The first-order valence-corrected chi connectivity index (χ1v) is 4.55. The summed E-state index contributed by atoms with van der Waals surface area (Å²) in [5.41, 5.74) is -0.164. The monoisotopic (exact) mass is 226 g/mol. The molecule has 0 saturated heterocycles. The maximum absolute atomic E-state index is 13.4. The highest BCUT2D eigenvalue weighted by Crippen LogP contribution is 2.17. The fourth-order valence-corrected chi connectivity index (χ4v) is 1.11. The lowest BCUT2D eigenvalue weighted by Gasteiger charge is -2.10. The Kier molecular flexibility index (Phi) is 3.55. The number of halogens is 1. The number of hydrogen-bond acceptors (Lipinski definition) is 3. The summed E-state index contributed by atoms with van der Waals surface area (Å²) in [6, 6.07) is 3.26. The largest absolute Gasteiger partial charge is 0.349 e. The lowest BCUT2D eigenvalue weighted by Crippen LogP contribution is -2.23. The minimum Gasteiger partial charge on any atom is -0.349 e. The topological polar surface area (TPSA) is 63.5 Å². The minimum atomic E-state index is -0.732. The van der Waals surface area contributed by atoms with Crippen LogP contribution in [-0.4, -0.2) is 29.8 Å². The number of nitro groups is 1. The van der Waals surface area contributed by atoms with Gasteiger partial charge in [-0.05, 0) is 11.6 Å². The van der Waals surface area contributed by atoms with Crippen LogP contribution in [0.15, 0.2) is 18.2 Å². The number of carbonyl (C=O) groups excluding carboxylic acids is 1. The van der Waals surface area contributed by atoms with E-state index in [9.17, 15) is 19.3 Å². The summed E-state index contributed by atoms with van der Waals surface area (Å²) in [5, 5.41) is 10.4. The van der Waals surface area contributed by atoms with Crippen molar-refractivity contribution in [2.75, 3.05) is 14.1 Å². The number of rotatable bonds is 3. The van der Waals surface area contributed by atoms with Gasteiger partial charge in [-0.25, -0.2) is 4.39 Å². The quantitative estimate of drug-likeness (QED) is 0.577. The standard InChI is InChI=1S/C10H11FN2O3/c1-12(2)10(14)5-7-3-4-8(13(15)16)6-9(7)11/h3-4,6H,5H2,1-2H3. The number of carbonyl (C=O) groups is 1. The highest BCUT2D eigenvalue weighted by atomic mass is 19.1. The van der Waals surface area contributed by atoms with Crippen LogP contribution in [0, 0.1) is 15.9 Å². The van der Waals surface area contributed by atoms with E-state index in [1.807, 2.05) is 0 Å². The van der Waals surface area contributed by atoms with Crippen molar-refractivity contribution < 1.29 is 14.1 Å². The van der Waals surface area contributed by atoms with Crippen LogP contribution in [0.1, 0.15) is 5.56 Å². The van der Waals surface area contributed by atoms with Gasteiger partial charge in [0.15, 0.2) is 0 Å². The Morgan fingerprint density at radius 3 is 2.56 bits per heavy atom. The van der Waals surface area contributed by atoms with Crippen molar-refractivity contribution in [1.82, 2.24) is 4.90 Å². The molecule has 0 fully saturated rings. The highest BCUT2D eigenvalue weighted by Gasteiger charge is 2.13. The summed E-state index contributed by atoms with van der Waals surface area (Å²) in [4.78, 5) is 22.3. The van der Waals surface area contributed by atoms with Crippen molar-refractivity contribution in [3.63, 3.8) is 0 Å². The fourth-order valence-electron chi connectivity index (χ4n) is 1.11. The number of likely N-dealkylation sites (N-methyl/N-ethyl adjacent to an activating group) is 1. The first-order valence-electron chi connectivity index (χ1n) is 4.55. The zero-order valence-electron chi connectivity index (χ0n) is 8.94. The molecule has 1 aromatic carbocycles. The number of non-ortho nitro benzene ring substituents is 1. The van der Waals surface area contributed by atoms with Gasteiger partial charge in [-0.1, -0.05) is 0 Å². The van der Waals surface area contributed by atoms with Gasteiger partial charge in [0.1, 0.15) is 5.82 Å². The van der Waals surface area contributed by atoms with E-state index >= 15 is 0 Å². The molecule has 0 aliphatic heterocycles. The van der Waals surface area contributed by atoms with Gasteiger partial charge in [0.05, 0.1) is 17.4 Å². The molecule has 0 aliphatic carbocycles. The molecule has 1 aromatic rings. The van der Waals surface area contributed by atoms with Crippen LogP contribution in [0.2, 0.25) is 0 Å². The lowest BCUT2D eigenvalue weighted by molar-refractivity contribution is -0.385. The van der Waals surface area contributed by atoms with E-state index in [4.69, 9.17) is 0 Å². The molecular formula is C10H11FN2O3. The minimum absolute atomic E-state index is 0.100. The summed E-state index contributed by atoms with van der Waals surface area (Å²) in [6.45, 7) is 0. The summed E-state index contributed by atoms with van der Waals surface area (Å²) in [7, 11) is 3.12. The van der Waals surface area contributed by atoms with Crippen LogP contribution in [0.4, 0.5) is 10.1 Å². The molecule has 6 heteroatoms. The molecule has 0 aliphatic rings. The van der Waals surface area contributed by atoms with Gasteiger partial charge in [-0.15, -0.1) is 0 Å². The van der Waals surface area contributed by atoms with Crippen molar-refractivity contribution >= 4 is 11.6 Å². The Labute approximate surface area is 91.6 Å². The lowest BCUT2D eigenvalue weighted by atomic mass is 10.1. The van der Waals surface area contributed by atoms with E-state index < -0.39 is 10.7 Å². The predicted octanol–water partition coefficient (Wildman–Crippen LogP) is 1.36. The second kappa shape index (κ2) is 4.69. The number of benzene rings is 1. The van der Waals surface area contributed by atoms with Gasteiger partial charge >= 0.3 is 0 Å². The van der Waals surface area contributed by atoms with Crippen LogP contribution in [0.3, 0.4) is 0 Å². The number of amides is 1. The molecule has 16 heavy (non-hydrogen) atoms. The third-order valence-corrected chi connectivity index (χ3v) is 2.09. The van der Waals surface area contributed by atoms with Gasteiger partial charge in [0.2, 0.25) is 5.91 Å². The molecule has 5 nitrogen and oxygen atoms in total. The maximum atomic E-state index is 13.4. The molecule has 0 saturated carbocycles. The molecule has 0 atom stereocenters. The van der Waals surface area contributed by atoms with Gasteiger partial charge in [0.25, 0.3) is 5.69 Å². The molecule has 0 spiro atoms. The van der Waals surface area contributed by atoms with Crippen LogP contribution in [0.25, 0.3) is 0 Å². The first kappa shape index (κ1) is 12.1. The van der Waals surface area contributed by atoms with Crippen LogP contribution >= 0.6 is 0 Å². The second-order valence-corrected chi connectivity index (χ2v) is 3.50. The van der Waals surface area contributed by atoms with Crippen LogP contribution in [0.5, 0.6) is 0 Å². The van der Waals surface area contributed by atoms with E-state index in [1.54, 1.807) is 14.1 Å². The summed E-state index contributed by atoms with van der Waals surface area (Å²) in [6.07, 6.45) is -0.100. The van der Waals surface area contributed by atoms with Crippen LogP contribution < -0.4 is 0 Å². The molecule has 1 rings (SSSR count). The average molecular weight is 226 g/mol.